The molecule has 0 radical (unpaired) electrons. The SMILES string of the molecule is Nc1cccc(C(=O)NCC(c2ccccc2)c2ccccc2)c1. The molecular weight excluding hydrogens is 296 g/mol. The quantitative estimate of drug-likeness (QED) is 0.703. The molecule has 0 bridgehead atoms. The molecule has 3 rings (SSSR count). The van der Waals surface area contributed by atoms with Gasteiger partial charge < -0.3 is 11.1 Å². The second kappa shape index (κ2) is 7.47. The zero-order valence-corrected chi connectivity index (χ0v) is 13.4. The molecule has 3 N–H and O–H groups in total. The Kier molecular flexibility index (Phi) is 4.92. The van der Waals surface area contributed by atoms with Gasteiger partial charge in [0.05, 0.1) is 0 Å². The number of hydrogen-bond acceptors (Lipinski definition) is 2. The van der Waals surface area contributed by atoms with Crippen LogP contribution in [0.5, 0.6) is 0 Å². The maximum atomic E-state index is 12.4. The highest BCUT2D eigenvalue weighted by atomic mass is 16.1. The van der Waals surface area contributed by atoms with E-state index < -0.39 is 0 Å². The Labute approximate surface area is 142 Å². The van der Waals surface area contributed by atoms with Crippen LogP contribution in [0.2, 0.25) is 0 Å². The molecule has 3 heteroatoms. The predicted molar refractivity (Wildman–Crippen MR) is 97.9 cm³/mol. The van der Waals surface area contributed by atoms with Crippen molar-refractivity contribution in [3.8, 4) is 0 Å². The van der Waals surface area contributed by atoms with Crippen LogP contribution in [0.15, 0.2) is 84.9 Å². The monoisotopic (exact) mass is 316 g/mol. The number of nitrogens with one attached hydrogen (secondary N) is 1. The highest BCUT2D eigenvalue weighted by Crippen LogP contribution is 2.23. The van der Waals surface area contributed by atoms with Gasteiger partial charge in [0.2, 0.25) is 0 Å². The Balaban J connectivity index is 1.79. The van der Waals surface area contributed by atoms with Crippen molar-refractivity contribution in [2.45, 2.75) is 5.92 Å². The van der Waals surface area contributed by atoms with E-state index >= 15 is 0 Å². The standard InChI is InChI=1S/C21H20N2O/c22-19-13-7-12-18(14-19)21(24)23-15-20(16-8-3-1-4-9-16)17-10-5-2-6-11-17/h1-14,20H,15,22H2,(H,23,24). The Morgan fingerprint density at radius 1 is 0.833 bits per heavy atom. The fourth-order valence-corrected chi connectivity index (χ4v) is 2.78. The van der Waals surface area contributed by atoms with Gasteiger partial charge in [-0.15, -0.1) is 0 Å². The molecule has 1 amide bonds. The summed E-state index contributed by atoms with van der Waals surface area (Å²) in [5.74, 6) is -0.00317. The van der Waals surface area contributed by atoms with Gasteiger partial charge in [0.15, 0.2) is 0 Å². The molecule has 24 heavy (non-hydrogen) atoms. The molecule has 0 unspecified atom stereocenters. The molecule has 0 aliphatic heterocycles. The normalized spacial score (nSPS) is 10.5. The Bertz CT molecular complexity index is 761. The smallest absolute Gasteiger partial charge is 0.251 e. The lowest BCUT2D eigenvalue weighted by Crippen LogP contribution is -2.29. The number of carbonyl (C=O) groups is 1. The first-order chi connectivity index (χ1) is 11.7. The summed E-state index contributed by atoms with van der Waals surface area (Å²) < 4.78 is 0. The van der Waals surface area contributed by atoms with Crippen LogP contribution in [0.4, 0.5) is 5.69 Å². The predicted octanol–water partition coefficient (Wildman–Crippen LogP) is 3.83. The molecule has 0 atom stereocenters. The van der Waals surface area contributed by atoms with Crippen LogP contribution in [-0.2, 0) is 0 Å². The fourth-order valence-electron chi connectivity index (χ4n) is 2.78. The number of amides is 1. The van der Waals surface area contributed by atoms with Gasteiger partial charge in [-0.1, -0.05) is 66.7 Å². The number of anilines is 1. The third kappa shape index (κ3) is 3.82. The van der Waals surface area contributed by atoms with E-state index in [-0.39, 0.29) is 11.8 Å². The first-order valence-electron chi connectivity index (χ1n) is 7.97. The average molecular weight is 316 g/mol. The summed E-state index contributed by atoms with van der Waals surface area (Å²) in [5, 5.41) is 3.03. The molecule has 0 aliphatic carbocycles. The van der Waals surface area contributed by atoms with Crippen molar-refractivity contribution < 1.29 is 4.79 Å². The van der Waals surface area contributed by atoms with Crippen molar-refractivity contribution in [3.05, 3.63) is 102 Å². The lowest BCUT2D eigenvalue weighted by molar-refractivity contribution is 0.0952. The maximum absolute atomic E-state index is 12.4. The van der Waals surface area contributed by atoms with Crippen LogP contribution >= 0.6 is 0 Å². The molecule has 3 nitrogen and oxygen atoms in total. The molecule has 0 fully saturated rings. The highest BCUT2D eigenvalue weighted by Gasteiger charge is 2.15. The van der Waals surface area contributed by atoms with E-state index in [4.69, 9.17) is 5.73 Å². The van der Waals surface area contributed by atoms with Crippen molar-refractivity contribution in [3.63, 3.8) is 0 Å². The molecule has 0 aromatic heterocycles. The fraction of sp³-hybridized carbons (Fsp3) is 0.0952. The summed E-state index contributed by atoms with van der Waals surface area (Å²) in [6.07, 6.45) is 0. The van der Waals surface area contributed by atoms with Crippen LogP contribution in [0.3, 0.4) is 0 Å². The van der Waals surface area contributed by atoms with Gasteiger partial charge in [-0.25, -0.2) is 0 Å². The van der Waals surface area contributed by atoms with Gasteiger partial charge in [0, 0.05) is 23.7 Å². The maximum Gasteiger partial charge on any atom is 0.251 e. The summed E-state index contributed by atoms with van der Waals surface area (Å²) in [6.45, 7) is 0.529. The number of carbonyl (C=O) groups excluding carboxylic acids is 1. The zero-order valence-electron chi connectivity index (χ0n) is 13.4. The Morgan fingerprint density at radius 3 is 1.96 bits per heavy atom. The number of hydrogen-bond donors (Lipinski definition) is 2. The lowest BCUT2D eigenvalue weighted by atomic mass is 9.91. The first kappa shape index (κ1) is 15.8. The summed E-state index contributed by atoms with van der Waals surface area (Å²) in [7, 11) is 0. The van der Waals surface area contributed by atoms with Crippen molar-refractivity contribution in [1.82, 2.24) is 5.32 Å². The minimum absolute atomic E-state index is 0.109. The van der Waals surface area contributed by atoms with Crippen molar-refractivity contribution in [2.24, 2.45) is 0 Å². The Morgan fingerprint density at radius 2 is 1.42 bits per heavy atom. The van der Waals surface area contributed by atoms with E-state index in [0.717, 1.165) is 0 Å². The van der Waals surface area contributed by atoms with E-state index in [1.807, 2.05) is 36.4 Å². The van der Waals surface area contributed by atoms with Gasteiger partial charge in [-0.3, -0.25) is 4.79 Å². The Hall–Kier alpha value is -3.07. The van der Waals surface area contributed by atoms with E-state index in [9.17, 15) is 4.79 Å². The van der Waals surface area contributed by atoms with Crippen molar-refractivity contribution in [1.29, 1.82) is 0 Å². The van der Waals surface area contributed by atoms with E-state index in [2.05, 4.69) is 29.6 Å². The van der Waals surface area contributed by atoms with E-state index in [0.29, 0.717) is 17.8 Å². The average Bonchev–Trinajstić information content (AvgIpc) is 2.63. The molecule has 120 valence electrons. The van der Waals surface area contributed by atoms with Crippen LogP contribution in [-0.4, -0.2) is 12.5 Å². The van der Waals surface area contributed by atoms with Crippen molar-refractivity contribution in [2.75, 3.05) is 12.3 Å². The molecule has 0 spiro atoms. The van der Waals surface area contributed by atoms with Crippen LogP contribution in [0, 0.1) is 0 Å². The zero-order chi connectivity index (χ0) is 16.8. The number of nitrogens with two attached hydrogens (primary N) is 1. The van der Waals surface area contributed by atoms with Gasteiger partial charge in [-0.2, -0.15) is 0 Å². The second-order valence-electron chi connectivity index (χ2n) is 5.71. The van der Waals surface area contributed by atoms with E-state index in [1.54, 1.807) is 24.3 Å². The number of benzene rings is 3. The molecule has 0 aliphatic rings. The number of rotatable bonds is 5. The van der Waals surface area contributed by atoms with Gasteiger partial charge in [-0.05, 0) is 29.3 Å². The third-order valence-electron chi connectivity index (χ3n) is 4.02. The van der Waals surface area contributed by atoms with Gasteiger partial charge in [0.1, 0.15) is 0 Å². The van der Waals surface area contributed by atoms with Crippen LogP contribution in [0.1, 0.15) is 27.4 Å². The minimum Gasteiger partial charge on any atom is -0.399 e. The summed E-state index contributed by atoms with van der Waals surface area (Å²) >= 11 is 0. The van der Waals surface area contributed by atoms with Crippen molar-refractivity contribution >= 4 is 11.6 Å². The molecule has 3 aromatic carbocycles. The molecular formula is C21H20N2O. The summed E-state index contributed by atoms with van der Waals surface area (Å²) in [6, 6.07) is 27.4. The van der Waals surface area contributed by atoms with Crippen LogP contribution < -0.4 is 11.1 Å². The molecule has 0 heterocycles. The molecule has 3 aromatic rings. The summed E-state index contributed by atoms with van der Waals surface area (Å²) in [5.41, 5.74) is 9.28. The second-order valence-corrected chi connectivity index (χ2v) is 5.71. The molecule has 0 saturated heterocycles. The lowest BCUT2D eigenvalue weighted by Gasteiger charge is -2.19. The highest BCUT2D eigenvalue weighted by molar-refractivity contribution is 5.95. The van der Waals surface area contributed by atoms with Gasteiger partial charge in [0.25, 0.3) is 5.91 Å². The largest absolute Gasteiger partial charge is 0.399 e. The third-order valence-corrected chi connectivity index (χ3v) is 4.02. The number of nitrogen functional groups attached to an aromatic ring is 1. The minimum atomic E-state index is -0.112. The van der Waals surface area contributed by atoms with Gasteiger partial charge >= 0.3 is 0 Å². The molecule has 0 saturated carbocycles. The first-order valence-corrected chi connectivity index (χ1v) is 7.97. The summed E-state index contributed by atoms with van der Waals surface area (Å²) in [4.78, 5) is 12.4. The topological polar surface area (TPSA) is 55.1 Å². The van der Waals surface area contributed by atoms with E-state index in [1.165, 1.54) is 11.1 Å². The van der Waals surface area contributed by atoms with Crippen LogP contribution in [0.25, 0.3) is 0 Å².